The summed E-state index contributed by atoms with van der Waals surface area (Å²) in [6.07, 6.45) is 15.5. The Morgan fingerprint density at radius 2 is 1.88 bits per heavy atom. The van der Waals surface area contributed by atoms with E-state index < -0.39 is 0 Å². The number of nitroso groups, excluding NO2 is 2. The fourth-order valence-corrected chi connectivity index (χ4v) is 5.61. The molecule has 4 nitrogen and oxygen atoms in total. The third-order valence-corrected chi connectivity index (χ3v) is 6.29. The van der Waals surface area contributed by atoms with Crippen molar-refractivity contribution in [1.29, 1.82) is 0 Å². The molecule has 0 spiro atoms. The summed E-state index contributed by atoms with van der Waals surface area (Å²) in [4.78, 5) is 21.8. The molecule has 3 aliphatic carbocycles. The average Bonchev–Trinajstić information content (AvgIpc) is 2.60. The standard InChI is InChI=1S/C21H30N2O2/c1-15-12-20(2,3)14-21(13-15,16-4-8-18(22-24)9-5-16)17-6-10-19(23-25)11-7-17/h4-6,8,15,18-19H,7,9-14H2,1-3H3. The molecule has 136 valence electrons. The van der Waals surface area contributed by atoms with E-state index in [0.29, 0.717) is 12.3 Å². The van der Waals surface area contributed by atoms with Crippen LogP contribution in [0.15, 0.2) is 45.8 Å². The van der Waals surface area contributed by atoms with Gasteiger partial charge >= 0.3 is 0 Å². The van der Waals surface area contributed by atoms with Gasteiger partial charge in [0, 0.05) is 5.41 Å². The maximum atomic E-state index is 10.9. The second kappa shape index (κ2) is 6.97. The lowest BCUT2D eigenvalue weighted by Crippen LogP contribution is -2.40. The smallest absolute Gasteiger partial charge is 0.114 e. The lowest BCUT2D eigenvalue weighted by atomic mass is 9.53. The molecule has 25 heavy (non-hydrogen) atoms. The summed E-state index contributed by atoms with van der Waals surface area (Å²) in [6.45, 7) is 7.11. The zero-order chi connectivity index (χ0) is 18.1. The van der Waals surface area contributed by atoms with E-state index in [1.165, 1.54) is 17.6 Å². The molecular weight excluding hydrogens is 312 g/mol. The van der Waals surface area contributed by atoms with Gasteiger partial charge in [0.25, 0.3) is 0 Å². The third-order valence-electron chi connectivity index (χ3n) is 6.29. The number of nitrogens with zero attached hydrogens (tertiary/aromatic N) is 2. The van der Waals surface area contributed by atoms with Crippen molar-refractivity contribution >= 4 is 0 Å². The molecule has 4 unspecified atom stereocenters. The summed E-state index contributed by atoms with van der Waals surface area (Å²) in [5.41, 5.74) is 3.17. The summed E-state index contributed by atoms with van der Waals surface area (Å²) in [6, 6.07) is -0.284. The first-order valence-electron chi connectivity index (χ1n) is 9.62. The van der Waals surface area contributed by atoms with Crippen LogP contribution >= 0.6 is 0 Å². The Hall–Kier alpha value is -1.58. The molecule has 0 N–H and O–H groups in total. The number of hydrogen-bond acceptors (Lipinski definition) is 4. The van der Waals surface area contributed by atoms with Gasteiger partial charge in [0.05, 0.1) is 6.04 Å². The molecule has 4 heteroatoms. The van der Waals surface area contributed by atoms with Crippen LogP contribution in [-0.4, -0.2) is 12.1 Å². The van der Waals surface area contributed by atoms with Crippen LogP contribution in [-0.2, 0) is 0 Å². The van der Waals surface area contributed by atoms with Gasteiger partial charge < -0.3 is 0 Å². The van der Waals surface area contributed by atoms with Gasteiger partial charge in [-0.25, -0.2) is 0 Å². The van der Waals surface area contributed by atoms with E-state index in [1.807, 2.05) is 6.08 Å². The SMILES string of the molecule is CC1CC(C)(C)CC(C2=CCC(N=O)C=C2)(C2=CCC(N=O)CC2)C1. The summed E-state index contributed by atoms with van der Waals surface area (Å²) >= 11 is 0. The Morgan fingerprint density at radius 1 is 1.08 bits per heavy atom. The van der Waals surface area contributed by atoms with Gasteiger partial charge in [0.15, 0.2) is 0 Å². The highest BCUT2D eigenvalue weighted by atomic mass is 16.3. The van der Waals surface area contributed by atoms with Crippen molar-refractivity contribution in [3.05, 3.63) is 45.3 Å². The van der Waals surface area contributed by atoms with Gasteiger partial charge in [-0.2, -0.15) is 9.81 Å². The summed E-state index contributed by atoms with van der Waals surface area (Å²) in [5, 5.41) is 6.44. The van der Waals surface area contributed by atoms with Gasteiger partial charge in [0.1, 0.15) is 6.04 Å². The first-order valence-corrected chi connectivity index (χ1v) is 9.62. The zero-order valence-electron chi connectivity index (χ0n) is 15.7. The predicted octanol–water partition coefficient (Wildman–Crippen LogP) is 6.09. The maximum absolute atomic E-state index is 10.9. The van der Waals surface area contributed by atoms with E-state index in [2.05, 4.69) is 49.4 Å². The maximum Gasteiger partial charge on any atom is 0.114 e. The van der Waals surface area contributed by atoms with Crippen LogP contribution in [0.25, 0.3) is 0 Å². The average molecular weight is 342 g/mol. The Balaban J connectivity index is 1.99. The molecule has 3 aliphatic rings. The zero-order valence-corrected chi connectivity index (χ0v) is 15.7. The van der Waals surface area contributed by atoms with E-state index >= 15 is 0 Å². The van der Waals surface area contributed by atoms with Crippen molar-refractivity contribution in [1.82, 2.24) is 0 Å². The van der Waals surface area contributed by atoms with Crippen LogP contribution in [0.1, 0.15) is 65.7 Å². The minimum Gasteiger partial charge on any atom is -0.151 e. The highest BCUT2D eigenvalue weighted by Gasteiger charge is 2.47. The molecule has 3 rings (SSSR count). The highest BCUT2D eigenvalue weighted by Crippen LogP contribution is 2.58. The molecule has 0 aromatic heterocycles. The minimum absolute atomic E-state index is 0.0410. The lowest BCUT2D eigenvalue weighted by molar-refractivity contribution is 0.0968. The van der Waals surface area contributed by atoms with Gasteiger partial charge in [-0.1, -0.05) is 61.0 Å². The Bertz CT molecular complexity index is 632. The van der Waals surface area contributed by atoms with Crippen molar-refractivity contribution in [3.8, 4) is 0 Å². The highest BCUT2D eigenvalue weighted by molar-refractivity contribution is 5.41. The van der Waals surface area contributed by atoms with Crippen LogP contribution in [0.3, 0.4) is 0 Å². The second-order valence-corrected chi connectivity index (χ2v) is 9.13. The largest absolute Gasteiger partial charge is 0.151 e. The molecular formula is C21H30N2O2. The molecule has 0 heterocycles. The van der Waals surface area contributed by atoms with E-state index in [0.717, 1.165) is 32.1 Å². The van der Waals surface area contributed by atoms with Gasteiger partial charge in [-0.3, -0.25) is 0 Å². The number of rotatable bonds is 4. The fourth-order valence-electron chi connectivity index (χ4n) is 5.61. The third kappa shape index (κ3) is 3.68. The molecule has 1 saturated carbocycles. The first kappa shape index (κ1) is 18.2. The Kier molecular flexibility index (Phi) is 5.08. The van der Waals surface area contributed by atoms with Crippen molar-refractivity contribution in [2.75, 3.05) is 0 Å². The van der Waals surface area contributed by atoms with E-state index in [4.69, 9.17) is 0 Å². The van der Waals surface area contributed by atoms with Crippen LogP contribution < -0.4 is 0 Å². The van der Waals surface area contributed by atoms with Crippen LogP contribution in [0, 0.1) is 26.6 Å². The van der Waals surface area contributed by atoms with Crippen LogP contribution in [0.4, 0.5) is 0 Å². The van der Waals surface area contributed by atoms with Gasteiger partial charge in [0.2, 0.25) is 0 Å². The molecule has 0 aliphatic heterocycles. The molecule has 0 radical (unpaired) electrons. The Morgan fingerprint density at radius 3 is 2.40 bits per heavy atom. The molecule has 0 aromatic carbocycles. The quantitative estimate of drug-likeness (QED) is 0.459. The molecule has 4 atom stereocenters. The number of hydrogen-bond donors (Lipinski definition) is 0. The molecule has 1 fully saturated rings. The predicted molar refractivity (Wildman–Crippen MR) is 102 cm³/mol. The van der Waals surface area contributed by atoms with Gasteiger partial charge in [-0.15, -0.1) is 0 Å². The molecule has 0 bridgehead atoms. The molecule has 0 saturated heterocycles. The minimum atomic E-state index is -0.223. The molecule has 0 amide bonds. The number of allylic oxidation sites excluding steroid dienone is 3. The summed E-state index contributed by atoms with van der Waals surface area (Å²) in [5.74, 6) is 0.655. The normalized spacial score (nSPS) is 37.8. The topological polar surface area (TPSA) is 58.9 Å². The van der Waals surface area contributed by atoms with Crippen LogP contribution in [0.5, 0.6) is 0 Å². The summed E-state index contributed by atoms with van der Waals surface area (Å²) in [7, 11) is 0. The molecule has 0 aromatic rings. The van der Waals surface area contributed by atoms with Crippen molar-refractivity contribution in [3.63, 3.8) is 0 Å². The fraction of sp³-hybridized carbons (Fsp3) is 0.714. The van der Waals surface area contributed by atoms with Crippen molar-refractivity contribution in [2.45, 2.75) is 77.8 Å². The van der Waals surface area contributed by atoms with Crippen molar-refractivity contribution in [2.24, 2.45) is 27.1 Å². The summed E-state index contributed by atoms with van der Waals surface area (Å²) < 4.78 is 0. The monoisotopic (exact) mass is 342 g/mol. The Labute approximate surface area is 150 Å². The second-order valence-electron chi connectivity index (χ2n) is 9.13. The van der Waals surface area contributed by atoms with Gasteiger partial charge in [-0.05, 0) is 61.9 Å². The lowest BCUT2D eigenvalue weighted by Gasteiger charge is -2.51. The van der Waals surface area contributed by atoms with Crippen molar-refractivity contribution < 1.29 is 0 Å². The van der Waals surface area contributed by atoms with Crippen LogP contribution in [0.2, 0.25) is 0 Å². The van der Waals surface area contributed by atoms with E-state index in [-0.39, 0.29) is 22.9 Å². The van der Waals surface area contributed by atoms with E-state index in [9.17, 15) is 9.81 Å². The van der Waals surface area contributed by atoms with E-state index in [1.54, 1.807) is 0 Å². The first-order chi connectivity index (χ1) is 11.9.